The van der Waals surface area contributed by atoms with Crippen molar-refractivity contribution in [2.24, 2.45) is 0 Å². The van der Waals surface area contributed by atoms with Crippen LogP contribution in [0.2, 0.25) is 0 Å². The van der Waals surface area contributed by atoms with E-state index in [1.165, 1.54) is 0 Å². The van der Waals surface area contributed by atoms with Crippen molar-refractivity contribution in [3.63, 3.8) is 0 Å². The molecule has 1 aromatic heterocycles. The summed E-state index contributed by atoms with van der Waals surface area (Å²) in [4.78, 5) is 11.1. The maximum atomic E-state index is 12.0. The third-order valence-electron chi connectivity index (χ3n) is 2.06. The van der Waals surface area contributed by atoms with Crippen molar-refractivity contribution in [1.29, 1.82) is 0 Å². The largest absolute Gasteiger partial charge is 0.395 e. The molecule has 0 aliphatic heterocycles. The summed E-state index contributed by atoms with van der Waals surface area (Å²) in [6.45, 7) is 4.11. The summed E-state index contributed by atoms with van der Waals surface area (Å²) in [6.07, 6.45) is -6.02. The van der Waals surface area contributed by atoms with Crippen LogP contribution in [0, 0.1) is 6.92 Å². The van der Waals surface area contributed by atoms with Crippen molar-refractivity contribution in [1.82, 2.24) is 9.78 Å². The number of hydrogen-bond acceptors (Lipinski definition) is 2. The molecule has 0 saturated heterocycles. The molecule has 1 aromatic rings. The Labute approximate surface area is 91.3 Å². The lowest BCUT2D eigenvalue weighted by Gasteiger charge is -2.06. The van der Waals surface area contributed by atoms with Gasteiger partial charge in [-0.3, -0.25) is 9.48 Å². The van der Waals surface area contributed by atoms with E-state index in [2.05, 4.69) is 5.10 Å². The Balaban J connectivity index is 2.69. The molecule has 0 bridgehead atoms. The Kier molecular flexibility index (Phi) is 3.72. The summed E-state index contributed by atoms with van der Waals surface area (Å²) >= 11 is 0. The first kappa shape index (κ1) is 12.7. The molecule has 0 aliphatic rings. The van der Waals surface area contributed by atoms with Crippen LogP contribution in [0.15, 0.2) is 6.07 Å². The normalized spacial score (nSPS) is 11.8. The number of rotatable bonds is 4. The highest BCUT2D eigenvalue weighted by Crippen LogP contribution is 2.20. The van der Waals surface area contributed by atoms with Gasteiger partial charge < -0.3 is 0 Å². The van der Waals surface area contributed by atoms with Crippen LogP contribution in [0.1, 0.15) is 24.7 Å². The molecule has 0 unspecified atom stereocenters. The summed E-state index contributed by atoms with van der Waals surface area (Å²) in [5.41, 5.74) is 1.24. The van der Waals surface area contributed by atoms with Gasteiger partial charge in [0.25, 0.3) is 0 Å². The molecule has 16 heavy (non-hydrogen) atoms. The van der Waals surface area contributed by atoms with Crippen molar-refractivity contribution in [2.45, 2.75) is 39.4 Å². The predicted molar refractivity (Wildman–Crippen MR) is 52.0 cm³/mol. The third kappa shape index (κ3) is 3.67. The molecule has 90 valence electrons. The fourth-order valence-electron chi connectivity index (χ4n) is 1.50. The quantitative estimate of drug-likeness (QED) is 0.801. The molecule has 0 atom stereocenters. The van der Waals surface area contributed by atoms with Gasteiger partial charge in [0.2, 0.25) is 0 Å². The van der Waals surface area contributed by atoms with Crippen molar-refractivity contribution >= 4 is 5.78 Å². The highest BCUT2D eigenvalue weighted by molar-refractivity contribution is 5.81. The van der Waals surface area contributed by atoms with E-state index in [1.54, 1.807) is 17.7 Å². The maximum Gasteiger partial charge on any atom is 0.395 e. The number of halogens is 3. The second-order valence-corrected chi connectivity index (χ2v) is 3.60. The Hall–Kier alpha value is -1.33. The Morgan fingerprint density at radius 3 is 2.62 bits per heavy atom. The number of hydrogen-bond donors (Lipinski definition) is 0. The number of carbonyl (C=O) groups excluding carboxylic acids is 1. The third-order valence-corrected chi connectivity index (χ3v) is 2.06. The molecule has 0 saturated carbocycles. The summed E-state index contributed by atoms with van der Waals surface area (Å²) in [7, 11) is 0. The van der Waals surface area contributed by atoms with Gasteiger partial charge in [-0.2, -0.15) is 18.3 Å². The van der Waals surface area contributed by atoms with Crippen LogP contribution in [-0.4, -0.2) is 21.7 Å². The lowest BCUT2D eigenvalue weighted by atomic mass is 10.1. The van der Waals surface area contributed by atoms with Gasteiger partial charge in [0.15, 0.2) is 0 Å². The Bertz CT molecular complexity index is 382. The zero-order valence-electron chi connectivity index (χ0n) is 9.14. The van der Waals surface area contributed by atoms with Crippen molar-refractivity contribution in [3.05, 3.63) is 17.5 Å². The Morgan fingerprint density at radius 1 is 1.50 bits per heavy atom. The van der Waals surface area contributed by atoms with E-state index >= 15 is 0 Å². The van der Waals surface area contributed by atoms with Crippen LogP contribution in [0.5, 0.6) is 0 Å². The van der Waals surface area contributed by atoms with Gasteiger partial charge in [0.05, 0.1) is 5.69 Å². The van der Waals surface area contributed by atoms with Crippen molar-refractivity contribution < 1.29 is 18.0 Å². The van der Waals surface area contributed by atoms with Gasteiger partial charge in [0, 0.05) is 18.7 Å². The lowest BCUT2D eigenvalue weighted by molar-refractivity contribution is -0.151. The molecular formula is C10H13F3N2O. The SMILES string of the molecule is CCn1nc(C)cc1CC(=O)CC(F)(F)F. The molecule has 0 aromatic carbocycles. The zero-order chi connectivity index (χ0) is 12.3. The van der Waals surface area contributed by atoms with Crippen LogP contribution in [-0.2, 0) is 17.8 Å². The first-order valence-electron chi connectivity index (χ1n) is 4.93. The summed E-state index contributed by atoms with van der Waals surface area (Å²) < 4.78 is 37.4. The number of aromatic nitrogens is 2. The number of alkyl halides is 3. The Morgan fingerprint density at radius 2 is 2.12 bits per heavy atom. The predicted octanol–water partition coefficient (Wildman–Crippen LogP) is 2.28. The number of aryl methyl sites for hydroxylation is 2. The van der Waals surface area contributed by atoms with Crippen LogP contribution >= 0.6 is 0 Å². The van der Waals surface area contributed by atoms with Crippen molar-refractivity contribution in [2.75, 3.05) is 0 Å². The average Bonchev–Trinajstić information content (AvgIpc) is 2.42. The van der Waals surface area contributed by atoms with Crippen LogP contribution in [0.3, 0.4) is 0 Å². The van der Waals surface area contributed by atoms with Crippen LogP contribution in [0.4, 0.5) is 13.2 Å². The lowest BCUT2D eigenvalue weighted by Crippen LogP contribution is -2.18. The summed E-state index contributed by atoms with van der Waals surface area (Å²) in [6, 6.07) is 1.64. The van der Waals surface area contributed by atoms with Gasteiger partial charge in [-0.15, -0.1) is 0 Å². The molecule has 1 rings (SSSR count). The average molecular weight is 234 g/mol. The fraction of sp³-hybridized carbons (Fsp3) is 0.600. The molecule has 0 amide bonds. The fourth-order valence-corrected chi connectivity index (χ4v) is 1.50. The van der Waals surface area contributed by atoms with E-state index in [1.807, 2.05) is 6.92 Å². The standard InChI is InChI=1S/C10H13F3N2O/c1-3-15-8(4-7(2)14-15)5-9(16)6-10(11,12)13/h4H,3,5-6H2,1-2H3. The smallest absolute Gasteiger partial charge is 0.299 e. The topological polar surface area (TPSA) is 34.9 Å². The second-order valence-electron chi connectivity index (χ2n) is 3.60. The van der Waals surface area contributed by atoms with E-state index in [0.717, 1.165) is 0 Å². The van der Waals surface area contributed by atoms with Gasteiger partial charge in [-0.05, 0) is 19.9 Å². The number of carbonyl (C=O) groups is 1. The minimum atomic E-state index is -4.43. The van der Waals surface area contributed by atoms with Crippen LogP contribution in [0.25, 0.3) is 0 Å². The summed E-state index contributed by atoms with van der Waals surface area (Å²) in [5, 5.41) is 4.06. The monoisotopic (exact) mass is 234 g/mol. The van der Waals surface area contributed by atoms with Gasteiger partial charge in [0.1, 0.15) is 12.2 Å². The molecule has 6 heteroatoms. The molecule has 3 nitrogen and oxygen atoms in total. The molecule has 0 fully saturated rings. The first-order chi connectivity index (χ1) is 7.31. The molecule has 0 aliphatic carbocycles. The molecule has 0 N–H and O–H groups in total. The number of Topliss-reactive ketones (excluding diaryl/α,β-unsaturated/α-hetero) is 1. The van der Waals surface area contributed by atoms with Gasteiger partial charge in [-0.25, -0.2) is 0 Å². The maximum absolute atomic E-state index is 12.0. The van der Waals surface area contributed by atoms with Crippen LogP contribution < -0.4 is 0 Å². The number of ketones is 1. The zero-order valence-corrected chi connectivity index (χ0v) is 9.14. The number of nitrogens with zero attached hydrogens (tertiary/aromatic N) is 2. The minimum Gasteiger partial charge on any atom is -0.299 e. The van der Waals surface area contributed by atoms with E-state index in [4.69, 9.17) is 0 Å². The second kappa shape index (κ2) is 4.67. The van der Waals surface area contributed by atoms with Crippen molar-refractivity contribution in [3.8, 4) is 0 Å². The van der Waals surface area contributed by atoms with E-state index < -0.39 is 18.4 Å². The van der Waals surface area contributed by atoms with E-state index in [0.29, 0.717) is 17.9 Å². The minimum absolute atomic E-state index is 0.214. The molecular weight excluding hydrogens is 221 g/mol. The highest BCUT2D eigenvalue weighted by atomic mass is 19.4. The molecule has 0 spiro atoms. The molecule has 0 radical (unpaired) electrons. The first-order valence-corrected chi connectivity index (χ1v) is 4.93. The molecule has 1 heterocycles. The van der Waals surface area contributed by atoms with Gasteiger partial charge >= 0.3 is 6.18 Å². The van der Waals surface area contributed by atoms with E-state index in [-0.39, 0.29) is 6.42 Å². The van der Waals surface area contributed by atoms with Gasteiger partial charge in [-0.1, -0.05) is 0 Å². The summed E-state index contributed by atoms with van der Waals surface area (Å²) in [5.74, 6) is -0.831. The highest BCUT2D eigenvalue weighted by Gasteiger charge is 2.31. The van der Waals surface area contributed by atoms with E-state index in [9.17, 15) is 18.0 Å².